The Hall–Kier alpha value is -3.64. The number of esters is 1. The Morgan fingerprint density at radius 2 is 1.58 bits per heavy atom. The summed E-state index contributed by atoms with van der Waals surface area (Å²) in [6.07, 6.45) is 1.42. The van der Waals surface area contributed by atoms with E-state index in [1.54, 1.807) is 41.3 Å². The van der Waals surface area contributed by atoms with Gasteiger partial charge in [-0.1, -0.05) is 28.1 Å². The van der Waals surface area contributed by atoms with Gasteiger partial charge in [-0.15, -0.1) is 0 Å². The fourth-order valence-corrected chi connectivity index (χ4v) is 4.92. The van der Waals surface area contributed by atoms with E-state index in [9.17, 15) is 22.8 Å². The lowest BCUT2D eigenvalue weighted by molar-refractivity contribution is -0.136. The number of rotatable bonds is 7. The molecule has 1 saturated heterocycles. The number of furan rings is 1. The molecule has 4 rings (SSSR count). The maximum Gasteiger partial charge on any atom is 0.340 e. The molecule has 36 heavy (non-hydrogen) atoms. The number of anilines is 1. The quantitative estimate of drug-likeness (QED) is 0.429. The van der Waals surface area contributed by atoms with Gasteiger partial charge in [-0.05, 0) is 48.5 Å². The molecule has 0 atom stereocenters. The number of nitrogens with one attached hydrogen (secondary N) is 1. The predicted molar refractivity (Wildman–Crippen MR) is 133 cm³/mol. The summed E-state index contributed by atoms with van der Waals surface area (Å²) in [5.74, 6) is -1.27. The smallest absolute Gasteiger partial charge is 0.340 e. The van der Waals surface area contributed by atoms with E-state index < -0.39 is 28.5 Å². The van der Waals surface area contributed by atoms with Crippen molar-refractivity contribution in [1.29, 1.82) is 0 Å². The number of carbonyl (C=O) groups excluding carboxylic acids is 3. The van der Waals surface area contributed by atoms with Crippen LogP contribution in [0.4, 0.5) is 5.69 Å². The summed E-state index contributed by atoms with van der Waals surface area (Å²) in [6.45, 7) is 0.692. The lowest BCUT2D eigenvalue weighted by Gasteiger charge is -2.34. The van der Waals surface area contributed by atoms with Crippen LogP contribution in [0, 0.1) is 0 Å². The summed E-state index contributed by atoms with van der Waals surface area (Å²) in [6, 6.07) is 15.2. The number of halogens is 1. The zero-order valence-corrected chi connectivity index (χ0v) is 21.3. The second kappa shape index (κ2) is 11.0. The van der Waals surface area contributed by atoms with Crippen molar-refractivity contribution in [1.82, 2.24) is 9.80 Å². The topological polar surface area (TPSA) is 126 Å². The van der Waals surface area contributed by atoms with E-state index in [1.165, 1.54) is 35.4 Å². The van der Waals surface area contributed by atoms with E-state index in [0.717, 1.165) is 4.47 Å². The summed E-state index contributed by atoms with van der Waals surface area (Å²) < 4.78 is 38.9. The predicted octanol–water partition coefficient (Wildman–Crippen LogP) is 2.98. The van der Waals surface area contributed by atoms with E-state index in [0.29, 0.717) is 13.1 Å². The second-order valence-electron chi connectivity index (χ2n) is 7.83. The van der Waals surface area contributed by atoms with Gasteiger partial charge in [0.25, 0.3) is 21.8 Å². The number of nitrogens with zero attached hydrogens (tertiary/aromatic N) is 2. The first-order valence-electron chi connectivity index (χ1n) is 10.9. The Kier molecular flexibility index (Phi) is 7.75. The van der Waals surface area contributed by atoms with Crippen LogP contribution < -0.4 is 4.72 Å². The number of ether oxygens (including phenoxy) is 1. The van der Waals surface area contributed by atoms with Gasteiger partial charge in [0.1, 0.15) is 0 Å². The van der Waals surface area contributed by atoms with Crippen LogP contribution in [-0.2, 0) is 19.6 Å². The molecule has 0 aliphatic carbocycles. The fraction of sp³-hybridized carbons (Fsp3) is 0.208. The lowest BCUT2D eigenvalue weighted by atomic mass is 10.2. The molecule has 0 radical (unpaired) electrons. The summed E-state index contributed by atoms with van der Waals surface area (Å²) in [5, 5.41) is 0. The number of amides is 2. The number of carbonyl (C=O) groups is 3. The van der Waals surface area contributed by atoms with Crippen LogP contribution in [0.15, 0.2) is 80.7 Å². The van der Waals surface area contributed by atoms with Crippen molar-refractivity contribution in [2.24, 2.45) is 0 Å². The highest BCUT2D eigenvalue weighted by atomic mass is 79.9. The molecule has 2 heterocycles. The molecule has 0 saturated carbocycles. The number of para-hydroxylation sites is 1. The van der Waals surface area contributed by atoms with Crippen molar-refractivity contribution in [3.63, 3.8) is 0 Å². The average Bonchev–Trinajstić information content (AvgIpc) is 3.42. The first kappa shape index (κ1) is 25.5. The van der Waals surface area contributed by atoms with Gasteiger partial charge in [-0.2, -0.15) is 0 Å². The van der Waals surface area contributed by atoms with Crippen molar-refractivity contribution >= 4 is 49.4 Å². The van der Waals surface area contributed by atoms with Gasteiger partial charge in [0.2, 0.25) is 0 Å². The van der Waals surface area contributed by atoms with Crippen molar-refractivity contribution < 1.29 is 32.0 Å². The number of hydrogen-bond acceptors (Lipinski definition) is 7. The van der Waals surface area contributed by atoms with E-state index in [2.05, 4.69) is 20.7 Å². The third-order valence-electron chi connectivity index (χ3n) is 5.49. The van der Waals surface area contributed by atoms with E-state index in [1.807, 2.05) is 0 Å². The Morgan fingerprint density at radius 1 is 0.917 bits per heavy atom. The Balaban J connectivity index is 1.33. The fourth-order valence-electron chi connectivity index (χ4n) is 3.58. The summed E-state index contributed by atoms with van der Waals surface area (Å²) in [5.41, 5.74) is 0.00257. The number of sulfonamides is 1. The van der Waals surface area contributed by atoms with Crippen LogP contribution in [0.3, 0.4) is 0 Å². The van der Waals surface area contributed by atoms with E-state index >= 15 is 0 Å². The van der Waals surface area contributed by atoms with Crippen LogP contribution in [0.2, 0.25) is 0 Å². The monoisotopic (exact) mass is 575 g/mol. The molecule has 3 aromatic rings. The molecular weight excluding hydrogens is 554 g/mol. The first-order chi connectivity index (χ1) is 17.2. The lowest BCUT2D eigenvalue weighted by Crippen LogP contribution is -2.51. The molecule has 1 aromatic heterocycles. The van der Waals surface area contributed by atoms with Crippen LogP contribution in [0.25, 0.3) is 0 Å². The number of piperazine rings is 1. The molecule has 2 aromatic carbocycles. The van der Waals surface area contributed by atoms with Gasteiger partial charge in [0.15, 0.2) is 12.4 Å². The molecule has 0 spiro atoms. The normalized spacial score (nSPS) is 13.8. The molecule has 1 aliphatic heterocycles. The standard InChI is InChI=1S/C24H22BrN3O7S/c25-17-7-9-18(10-8-17)36(32,33)26-20-5-2-1-4-19(20)24(31)35-16-22(29)27-11-13-28(14-12-27)23(30)21-6-3-15-34-21/h1-10,15,26H,11-14,16H2. The van der Waals surface area contributed by atoms with Gasteiger partial charge < -0.3 is 19.0 Å². The van der Waals surface area contributed by atoms with Crippen LogP contribution >= 0.6 is 15.9 Å². The highest BCUT2D eigenvalue weighted by Gasteiger charge is 2.27. The maximum absolute atomic E-state index is 12.7. The highest BCUT2D eigenvalue weighted by Crippen LogP contribution is 2.22. The molecule has 1 fully saturated rings. The molecule has 0 unspecified atom stereocenters. The van der Waals surface area contributed by atoms with Gasteiger partial charge in [-0.25, -0.2) is 13.2 Å². The van der Waals surface area contributed by atoms with Crippen molar-refractivity contribution in [3.05, 3.63) is 82.7 Å². The van der Waals surface area contributed by atoms with Crippen molar-refractivity contribution in [2.75, 3.05) is 37.5 Å². The third-order valence-corrected chi connectivity index (χ3v) is 7.40. The molecule has 0 bridgehead atoms. The van der Waals surface area contributed by atoms with Gasteiger partial charge in [0.05, 0.1) is 22.4 Å². The SMILES string of the molecule is O=C(OCC(=O)N1CCN(C(=O)c2ccco2)CC1)c1ccccc1NS(=O)(=O)c1ccc(Br)cc1. The molecule has 12 heteroatoms. The second-order valence-corrected chi connectivity index (χ2v) is 10.4. The average molecular weight is 576 g/mol. The largest absolute Gasteiger partial charge is 0.459 e. The van der Waals surface area contributed by atoms with E-state index in [-0.39, 0.29) is 40.9 Å². The Bertz CT molecular complexity index is 1350. The number of benzene rings is 2. The highest BCUT2D eigenvalue weighted by molar-refractivity contribution is 9.10. The van der Waals surface area contributed by atoms with Crippen LogP contribution in [0.5, 0.6) is 0 Å². The van der Waals surface area contributed by atoms with Crippen molar-refractivity contribution in [3.8, 4) is 0 Å². The summed E-state index contributed by atoms with van der Waals surface area (Å²) in [7, 11) is -3.96. The maximum atomic E-state index is 12.7. The molecule has 2 amide bonds. The molecule has 10 nitrogen and oxygen atoms in total. The van der Waals surface area contributed by atoms with Crippen molar-refractivity contribution in [2.45, 2.75) is 4.90 Å². The Labute approximate surface area is 216 Å². The molecule has 1 aliphatic rings. The zero-order valence-electron chi connectivity index (χ0n) is 18.9. The minimum atomic E-state index is -3.96. The minimum absolute atomic E-state index is 0.0220. The van der Waals surface area contributed by atoms with Gasteiger partial charge in [0, 0.05) is 30.7 Å². The molecule has 1 N–H and O–H groups in total. The molecular formula is C24H22BrN3O7S. The number of hydrogen-bond donors (Lipinski definition) is 1. The van der Waals surface area contributed by atoms with Crippen LogP contribution in [0.1, 0.15) is 20.9 Å². The Morgan fingerprint density at radius 3 is 2.25 bits per heavy atom. The van der Waals surface area contributed by atoms with Gasteiger partial charge in [-0.3, -0.25) is 14.3 Å². The van der Waals surface area contributed by atoms with Gasteiger partial charge >= 0.3 is 5.97 Å². The summed E-state index contributed by atoms with van der Waals surface area (Å²) in [4.78, 5) is 40.7. The zero-order chi connectivity index (χ0) is 25.7. The third kappa shape index (κ3) is 5.94. The molecule has 188 valence electrons. The minimum Gasteiger partial charge on any atom is -0.459 e. The summed E-state index contributed by atoms with van der Waals surface area (Å²) >= 11 is 3.26. The first-order valence-corrected chi connectivity index (χ1v) is 13.2. The van der Waals surface area contributed by atoms with E-state index in [4.69, 9.17) is 9.15 Å². The van der Waals surface area contributed by atoms with Crippen LogP contribution in [-0.4, -0.2) is 68.8 Å².